The highest BCUT2D eigenvalue weighted by Gasteiger charge is 2.20. The normalized spacial score (nSPS) is 24.4. The summed E-state index contributed by atoms with van der Waals surface area (Å²) in [6.45, 7) is 3.15. The Kier molecular flexibility index (Phi) is 5.13. The first-order valence-electron chi connectivity index (χ1n) is 7.00. The van der Waals surface area contributed by atoms with Crippen LogP contribution in [0.15, 0.2) is 6.20 Å². The van der Waals surface area contributed by atoms with Gasteiger partial charge in [0.05, 0.1) is 5.69 Å². The van der Waals surface area contributed by atoms with E-state index in [4.69, 9.17) is 0 Å². The molecule has 1 aliphatic carbocycles. The van der Waals surface area contributed by atoms with Gasteiger partial charge in [0, 0.05) is 36.6 Å². The predicted molar refractivity (Wildman–Crippen MR) is 79.0 cm³/mol. The van der Waals surface area contributed by atoms with E-state index in [-0.39, 0.29) is 0 Å². The zero-order chi connectivity index (χ0) is 13.0. The number of hydrogen-bond donors (Lipinski definition) is 1. The molecule has 1 aromatic heterocycles. The minimum absolute atomic E-state index is 0.707. The molecule has 0 aromatic carbocycles. The summed E-state index contributed by atoms with van der Waals surface area (Å²) >= 11 is 2.03. The van der Waals surface area contributed by atoms with Crippen molar-refractivity contribution >= 4 is 11.8 Å². The average molecular weight is 267 g/mol. The van der Waals surface area contributed by atoms with Gasteiger partial charge in [-0.05, 0) is 38.4 Å². The lowest BCUT2D eigenvalue weighted by Crippen LogP contribution is -2.33. The van der Waals surface area contributed by atoms with Crippen molar-refractivity contribution in [2.24, 2.45) is 7.05 Å². The first-order valence-corrected chi connectivity index (χ1v) is 8.29. The smallest absolute Gasteiger partial charge is 0.0666 e. The molecule has 0 amide bonds. The van der Waals surface area contributed by atoms with E-state index in [1.165, 1.54) is 36.9 Å². The van der Waals surface area contributed by atoms with Crippen LogP contribution in [0.5, 0.6) is 0 Å². The highest BCUT2D eigenvalue weighted by atomic mass is 32.2. The summed E-state index contributed by atoms with van der Waals surface area (Å²) in [5, 5.41) is 9.10. The quantitative estimate of drug-likeness (QED) is 0.889. The molecule has 1 saturated carbocycles. The van der Waals surface area contributed by atoms with E-state index < -0.39 is 0 Å². The molecule has 0 spiro atoms. The monoisotopic (exact) mass is 267 g/mol. The molecule has 0 atom stereocenters. The number of aromatic nitrogens is 2. The second-order valence-electron chi connectivity index (χ2n) is 5.22. The topological polar surface area (TPSA) is 29.9 Å². The van der Waals surface area contributed by atoms with Crippen molar-refractivity contribution in [2.45, 2.75) is 56.9 Å². The lowest BCUT2D eigenvalue weighted by Gasteiger charge is -2.28. The number of hydrogen-bond acceptors (Lipinski definition) is 3. The summed E-state index contributed by atoms with van der Waals surface area (Å²) in [6, 6.07) is 0.707. The van der Waals surface area contributed by atoms with Gasteiger partial charge in [0.1, 0.15) is 0 Å². The van der Waals surface area contributed by atoms with Crippen molar-refractivity contribution in [3.8, 4) is 0 Å². The van der Waals surface area contributed by atoms with Crippen LogP contribution >= 0.6 is 11.8 Å². The molecule has 1 aromatic rings. The van der Waals surface area contributed by atoms with E-state index in [9.17, 15) is 0 Å². The molecule has 0 bridgehead atoms. The maximum Gasteiger partial charge on any atom is 0.0666 e. The molecule has 0 unspecified atom stereocenters. The summed E-state index contributed by atoms with van der Waals surface area (Å²) in [6.07, 6.45) is 10.8. The fourth-order valence-corrected chi connectivity index (χ4v) is 3.53. The van der Waals surface area contributed by atoms with Crippen LogP contribution in [0.2, 0.25) is 0 Å². The summed E-state index contributed by atoms with van der Waals surface area (Å²) in [5.41, 5.74) is 2.61. The van der Waals surface area contributed by atoms with Gasteiger partial charge in [-0.25, -0.2) is 0 Å². The summed E-state index contributed by atoms with van der Waals surface area (Å²) in [5.74, 6) is 0. The molecule has 1 fully saturated rings. The van der Waals surface area contributed by atoms with Gasteiger partial charge in [-0.15, -0.1) is 0 Å². The van der Waals surface area contributed by atoms with Crippen LogP contribution in [0.4, 0.5) is 0 Å². The first-order chi connectivity index (χ1) is 8.72. The maximum absolute atomic E-state index is 4.49. The summed E-state index contributed by atoms with van der Waals surface area (Å²) in [7, 11) is 2.01. The number of aryl methyl sites for hydroxylation is 2. The van der Waals surface area contributed by atoms with Crippen molar-refractivity contribution in [2.75, 3.05) is 6.26 Å². The Balaban J connectivity index is 1.81. The molecule has 1 aliphatic rings. The van der Waals surface area contributed by atoms with E-state index in [0.29, 0.717) is 6.04 Å². The molecule has 3 nitrogen and oxygen atoms in total. The third-order valence-corrected chi connectivity index (χ3v) is 5.05. The molecule has 0 saturated heterocycles. The van der Waals surface area contributed by atoms with E-state index >= 15 is 0 Å². The highest BCUT2D eigenvalue weighted by Crippen LogP contribution is 2.27. The minimum Gasteiger partial charge on any atom is -0.310 e. The average Bonchev–Trinajstić information content (AvgIpc) is 2.77. The fourth-order valence-electron chi connectivity index (χ4n) is 2.79. The van der Waals surface area contributed by atoms with E-state index in [2.05, 4.69) is 29.8 Å². The van der Waals surface area contributed by atoms with Gasteiger partial charge in [0.2, 0.25) is 0 Å². The van der Waals surface area contributed by atoms with Gasteiger partial charge in [-0.1, -0.05) is 6.92 Å². The molecule has 0 aliphatic heterocycles. The largest absolute Gasteiger partial charge is 0.310 e. The molecular formula is C14H25N3S. The molecular weight excluding hydrogens is 242 g/mol. The van der Waals surface area contributed by atoms with Gasteiger partial charge >= 0.3 is 0 Å². The molecule has 102 valence electrons. The van der Waals surface area contributed by atoms with Gasteiger partial charge < -0.3 is 5.32 Å². The predicted octanol–water partition coefficient (Wildman–Crippen LogP) is 2.75. The Hall–Kier alpha value is -0.480. The van der Waals surface area contributed by atoms with Gasteiger partial charge in [-0.2, -0.15) is 16.9 Å². The van der Waals surface area contributed by atoms with Gasteiger partial charge in [0.15, 0.2) is 0 Å². The zero-order valence-corrected chi connectivity index (χ0v) is 12.6. The molecule has 1 N–H and O–H groups in total. The summed E-state index contributed by atoms with van der Waals surface area (Å²) < 4.78 is 1.93. The van der Waals surface area contributed by atoms with Crippen molar-refractivity contribution in [3.63, 3.8) is 0 Å². The highest BCUT2D eigenvalue weighted by molar-refractivity contribution is 7.99. The maximum atomic E-state index is 4.49. The van der Waals surface area contributed by atoms with Crippen LogP contribution in [0, 0.1) is 0 Å². The fraction of sp³-hybridized carbons (Fsp3) is 0.786. The van der Waals surface area contributed by atoms with Crippen LogP contribution in [0.25, 0.3) is 0 Å². The molecule has 2 rings (SSSR count). The van der Waals surface area contributed by atoms with E-state index in [1.54, 1.807) is 0 Å². The SMILES string of the molecule is CCc1nn(C)cc1CNC1CCC(SC)CC1. The third kappa shape index (κ3) is 3.51. The molecule has 0 radical (unpaired) electrons. The number of thioether (sulfide) groups is 1. The summed E-state index contributed by atoms with van der Waals surface area (Å²) in [4.78, 5) is 0. The van der Waals surface area contributed by atoms with Crippen LogP contribution in [-0.4, -0.2) is 27.3 Å². The van der Waals surface area contributed by atoms with Crippen LogP contribution < -0.4 is 5.32 Å². The van der Waals surface area contributed by atoms with Gasteiger partial charge in [-0.3, -0.25) is 4.68 Å². The van der Waals surface area contributed by atoms with Gasteiger partial charge in [0.25, 0.3) is 0 Å². The zero-order valence-electron chi connectivity index (χ0n) is 11.8. The minimum atomic E-state index is 0.707. The molecule has 18 heavy (non-hydrogen) atoms. The second-order valence-corrected chi connectivity index (χ2v) is 6.36. The lowest BCUT2D eigenvalue weighted by atomic mass is 9.95. The van der Waals surface area contributed by atoms with E-state index in [1.807, 2.05) is 23.5 Å². The molecule has 4 heteroatoms. The van der Waals surface area contributed by atoms with Crippen molar-refractivity contribution in [1.82, 2.24) is 15.1 Å². The lowest BCUT2D eigenvalue weighted by molar-refractivity contribution is 0.378. The standard InChI is InChI=1S/C14H25N3S/c1-4-14-11(10-17(2)16-14)9-15-12-5-7-13(18-3)8-6-12/h10,12-13,15H,4-9H2,1-3H3. The van der Waals surface area contributed by atoms with Crippen molar-refractivity contribution in [1.29, 1.82) is 0 Å². The van der Waals surface area contributed by atoms with Crippen molar-refractivity contribution in [3.05, 3.63) is 17.5 Å². The number of nitrogens with zero attached hydrogens (tertiary/aromatic N) is 2. The number of rotatable bonds is 5. The third-order valence-electron chi connectivity index (χ3n) is 3.92. The Labute approximate surface area is 115 Å². The van der Waals surface area contributed by atoms with E-state index in [0.717, 1.165) is 18.2 Å². The Morgan fingerprint density at radius 2 is 2.11 bits per heavy atom. The first kappa shape index (κ1) is 13.9. The van der Waals surface area contributed by atoms with Crippen molar-refractivity contribution < 1.29 is 0 Å². The van der Waals surface area contributed by atoms with Crippen LogP contribution in [0.3, 0.4) is 0 Å². The Bertz CT molecular complexity index is 367. The Morgan fingerprint density at radius 3 is 2.72 bits per heavy atom. The Morgan fingerprint density at radius 1 is 1.39 bits per heavy atom. The second kappa shape index (κ2) is 6.62. The molecule has 1 heterocycles. The van der Waals surface area contributed by atoms with Crippen LogP contribution in [0.1, 0.15) is 43.9 Å². The number of nitrogens with one attached hydrogen (secondary N) is 1. The van der Waals surface area contributed by atoms with Crippen LogP contribution in [-0.2, 0) is 20.0 Å².